The average molecular weight is 303 g/mol. The van der Waals surface area contributed by atoms with Crippen molar-refractivity contribution >= 4 is 11.3 Å². The second-order valence-electron chi connectivity index (χ2n) is 6.15. The molecule has 21 heavy (non-hydrogen) atoms. The van der Waals surface area contributed by atoms with E-state index in [1.54, 1.807) is 11.3 Å². The van der Waals surface area contributed by atoms with E-state index in [1.165, 1.54) is 5.56 Å². The molecule has 0 spiro atoms. The lowest BCUT2D eigenvalue weighted by Gasteiger charge is -2.18. The summed E-state index contributed by atoms with van der Waals surface area (Å²) in [5.74, 6) is 1.01. The van der Waals surface area contributed by atoms with Gasteiger partial charge >= 0.3 is 0 Å². The molecule has 3 nitrogen and oxygen atoms in total. The predicted molar refractivity (Wildman–Crippen MR) is 85.8 cm³/mol. The summed E-state index contributed by atoms with van der Waals surface area (Å²) in [4.78, 5) is 0. The molecule has 3 rings (SSSR count). The summed E-state index contributed by atoms with van der Waals surface area (Å²) in [5.41, 5.74) is 3.30. The first-order chi connectivity index (χ1) is 10.1. The summed E-state index contributed by atoms with van der Waals surface area (Å²) in [7, 11) is 0. The summed E-state index contributed by atoms with van der Waals surface area (Å²) in [6.07, 6.45) is 0.499. The van der Waals surface area contributed by atoms with Gasteiger partial charge in [0.05, 0.1) is 6.10 Å². The van der Waals surface area contributed by atoms with Crippen LogP contribution in [0.15, 0.2) is 35.0 Å². The monoisotopic (exact) mass is 303 g/mol. The van der Waals surface area contributed by atoms with Crippen LogP contribution in [0.2, 0.25) is 0 Å². The van der Waals surface area contributed by atoms with Crippen LogP contribution < -0.4 is 10.1 Å². The highest BCUT2D eigenvalue weighted by molar-refractivity contribution is 7.07. The molecule has 0 radical (unpaired) electrons. The SMILES string of the molecule is CC1(C)Cc2cccc(CNCC(O)c3ccsc3)c2O1. The number of para-hydroxylation sites is 1. The Kier molecular flexibility index (Phi) is 4.02. The second-order valence-corrected chi connectivity index (χ2v) is 6.93. The molecule has 1 aromatic heterocycles. The van der Waals surface area contributed by atoms with Gasteiger partial charge in [0.2, 0.25) is 0 Å². The van der Waals surface area contributed by atoms with E-state index in [0.29, 0.717) is 13.1 Å². The predicted octanol–water partition coefficient (Wildman–Crippen LogP) is 3.28. The minimum atomic E-state index is -0.453. The molecule has 1 atom stereocenters. The maximum atomic E-state index is 10.1. The number of benzene rings is 1. The summed E-state index contributed by atoms with van der Waals surface area (Å²) < 4.78 is 6.05. The Morgan fingerprint density at radius 1 is 1.38 bits per heavy atom. The van der Waals surface area contributed by atoms with Crippen LogP contribution >= 0.6 is 11.3 Å². The van der Waals surface area contributed by atoms with Crippen LogP contribution in [0.1, 0.15) is 36.6 Å². The minimum Gasteiger partial charge on any atom is -0.487 e. The molecule has 112 valence electrons. The molecule has 1 aromatic carbocycles. The first-order valence-corrected chi connectivity index (χ1v) is 8.20. The quantitative estimate of drug-likeness (QED) is 0.890. The van der Waals surface area contributed by atoms with Gasteiger partial charge in [-0.2, -0.15) is 11.3 Å². The number of rotatable bonds is 5. The lowest BCUT2D eigenvalue weighted by atomic mass is 10.0. The van der Waals surface area contributed by atoms with Gasteiger partial charge in [-0.3, -0.25) is 0 Å². The molecule has 2 N–H and O–H groups in total. The highest BCUT2D eigenvalue weighted by Gasteiger charge is 2.31. The summed E-state index contributed by atoms with van der Waals surface area (Å²) in [5, 5.41) is 17.4. The molecule has 2 heterocycles. The van der Waals surface area contributed by atoms with Crippen molar-refractivity contribution < 1.29 is 9.84 Å². The van der Waals surface area contributed by atoms with Crippen molar-refractivity contribution in [2.75, 3.05) is 6.54 Å². The molecule has 0 saturated heterocycles. The van der Waals surface area contributed by atoms with E-state index in [0.717, 1.165) is 23.3 Å². The van der Waals surface area contributed by atoms with E-state index in [-0.39, 0.29) is 5.60 Å². The van der Waals surface area contributed by atoms with Gasteiger partial charge in [-0.1, -0.05) is 18.2 Å². The Balaban J connectivity index is 1.61. The number of nitrogens with one attached hydrogen (secondary N) is 1. The molecule has 1 aliphatic heterocycles. The van der Waals surface area contributed by atoms with Gasteiger partial charge < -0.3 is 15.2 Å². The molecule has 1 aliphatic rings. The maximum Gasteiger partial charge on any atom is 0.127 e. The van der Waals surface area contributed by atoms with Gasteiger partial charge in [-0.05, 0) is 41.8 Å². The molecule has 0 saturated carbocycles. The fraction of sp³-hybridized carbons (Fsp3) is 0.412. The molecule has 0 aliphatic carbocycles. The van der Waals surface area contributed by atoms with Crippen molar-refractivity contribution in [2.24, 2.45) is 0 Å². The van der Waals surface area contributed by atoms with Gasteiger partial charge in [0.25, 0.3) is 0 Å². The number of aliphatic hydroxyl groups excluding tert-OH is 1. The standard InChI is InChI=1S/C17H21NO2S/c1-17(2)8-12-4-3-5-13(16(12)20-17)9-18-10-15(19)14-6-7-21-11-14/h3-7,11,15,18-19H,8-10H2,1-2H3. The zero-order chi connectivity index (χ0) is 14.9. The van der Waals surface area contributed by atoms with Crippen LogP contribution in [-0.2, 0) is 13.0 Å². The van der Waals surface area contributed by atoms with Crippen LogP contribution in [0, 0.1) is 0 Å². The minimum absolute atomic E-state index is 0.116. The van der Waals surface area contributed by atoms with Crippen LogP contribution in [0.4, 0.5) is 0 Å². The smallest absolute Gasteiger partial charge is 0.127 e. The van der Waals surface area contributed by atoms with Gasteiger partial charge in [-0.15, -0.1) is 0 Å². The van der Waals surface area contributed by atoms with Crippen LogP contribution in [0.5, 0.6) is 5.75 Å². The van der Waals surface area contributed by atoms with E-state index in [4.69, 9.17) is 4.74 Å². The fourth-order valence-corrected chi connectivity index (χ4v) is 3.45. The van der Waals surface area contributed by atoms with E-state index in [2.05, 4.69) is 37.4 Å². The highest BCUT2D eigenvalue weighted by atomic mass is 32.1. The number of ether oxygens (including phenoxy) is 1. The molecule has 0 fully saturated rings. The molecule has 0 amide bonds. The third-order valence-electron chi connectivity index (χ3n) is 3.75. The molecule has 1 unspecified atom stereocenters. The highest BCUT2D eigenvalue weighted by Crippen LogP contribution is 2.37. The number of aliphatic hydroxyl groups is 1. The van der Waals surface area contributed by atoms with Crippen molar-refractivity contribution in [1.82, 2.24) is 5.32 Å². The topological polar surface area (TPSA) is 41.5 Å². The van der Waals surface area contributed by atoms with E-state index in [9.17, 15) is 5.11 Å². The molecular weight excluding hydrogens is 282 g/mol. The summed E-state index contributed by atoms with van der Waals surface area (Å²) in [6.45, 7) is 5.49. The average Bonchev–Trinajstić information content (AvgIpc) is 3.04. The molecule has 4 heteroatoms. The lowest BCUT2D eigenvalue weighted by molar-refractivity contribution is 0.136. The Bertz CT molecular complexity index is 607. The van der Waals surface area contributed by atoms with E-state index >= 15 is 0 Å². The third-order valence-corrected chi connectivity index (χ3v) is 4.46. The molecular formula is C17H21NO2S. The van der Waals surface area contributed by atoms with Crippen molar-refractivity contribution in [1.29, 1.82) is 0 Å². The largest absolute Gasteiger partial charge is 0.487 e. The van der Waals surface area contributed by atoms with Crippen LogP contribution in [-0.4, -0.2) is 17.3 Å². The van der Waals surface area contributed by atoms with E-state index < -0.39 is 6.10 Å². The Labute approximate surface area is 129 Å². The Morgan fingerprint density at radius 3 is 3.00 bits per heavy atom. The number of hydrogen-bond acceptors (Lipinski definition) is 4. The van der Waals surface area contributed by atoms with Crippen LogP contribution in [0.3, 0.4) is 0 Å². The number of thiophene rings is 1. The zero-order valence-corrected chi connectivity index (χ0v) is 13.2. The fourth-order valence-electron chi connectivity index (χ4n) is 2.74. The van der Waals surface area contributed by atoms with Crippen molar-refractivity contribution in [3.63, 3.8) is 0 Å². The van der Waals surface area contributed by atoms with Gasteiger partial charge in [0.1, 0.15) is 11.4 Å². The Morgan fingerprint density at radius 2 is 2.24 bits per heavy atom. The first-order valence-electron chi connectivity index (χ1n) is 7.26. The molecule has 0 bridgehead atoms. The van der Waals surface area contributed by atoms with Crippen molar-refractivity contribution in [2.45, 2.75) is 38.5 Å². The normalized spacial score (nSPS) is 17.3. The maximum absolute atomic E-state index is 10.1. The van der Waals surface area contributed by atoms with Gasteiger partial charge in [-0.25, -0.2) is 0 Å². The number of hydrogen-bond donors (Lipinski definition) is 2. The van der Waals surface area contributed by atoms with Gasteiger partial charge in [0.15, 0.2) is 0 Å². The lowest BCUT2D eigenvalue weighted by Crippen LogP contribution is -2.25. The summed E-state index contributed by atoms with van der Waals surface area (Å²) in [6, 6.07) is 8.26. The second kappa shape index (κ2) is 5.79. The van der Waals surface area contributed by atoms with Gasteiger partial charge in [0, 0.05) is 25.1 Å². The Hall–Kier alpha value is -1.36. The zero-order valence-electron chi connectivity index (χ0n) is 12.4. The third kappa shape index (κ3) is 3.28. The first kappa shape index (κ1) is 14.6. The van der Waals surface area contributed by atoms with E-state index in [1.807, 2.05) is 16.8 Å². The van der Waals surface area contributed by atoms with Crippen LogP contribution in [0.25, 0.3) is 0 Å². The molecule has 2 aromatic rings. The van der Waals surface area contributed by atoms with Crippen molar-refractivity contribution in [3.8, 4) is 5.75 Å². The van der Waals surface area contributed by atoms with Crippen molar-refractivity contribution in [3.05, 3.63) is 51.7 Å². The summed E-state index contributed by atoms with van der Waals surface area (Å²) >= 11 is 1.61. The number of fused-ring (bicyclic) bond motifs is 1.